The summed E-state index contributed by atoms with van der Waals surface area (Å²) in [6, 6.07) is 1.20. The van der Waals surface area contributed by atoms with E-state index in [4.69, 9.17) is 26.2 Å². The van der Waals surface area contributed by atoms with Gasteiger partial charge in [-0.2, -0.15) is 0 Å². The summed E-state index contributed by atoms with van der Waals surface area (Å²) >= 11 is 5.98. The third-order valence-electron chi connectivity index (χ3n) is 3.50. The molecule has 1 aromatic rings. The van der Waals surface area contributed by atoms with Crippen LogP contribution >= 0.6 is 11.6 Å². The maximum absolute atomic E-state index is 12.0. The molecule has 0 aromatic carbocycles. The van der Waals surface area contributed by atoms with Crippen molar-refractivity contribution in [2.75, 3.05) is 19.7 Å². The SMILES string of the molecule is CC(C)(C)OC(=O)N1CC[C@@H](COc2ncc(S(N)(=O)=O)cc2Cl)C1. The van der Waals surface area contributed by atoms with Gasteiger partial charge in [-0.3, -0.25) is 0 Å². The highest BCUT2D eigenvalue weighted by atomic mass is 35.5. The molecule has 8 nitrogen and oxygen atoms in total. The van der Waals surface area contributed by atoms with Gasteiger partial charge in [0.05, 0.1) is 12.8 Å². The van der Waals surface area contributed by atoms with E-state index in [2.05, 4.69) is 4.98 Å². The summed E-state index contributed by atoms with van der Waals surface area (Å²) in [5.74, 6) is 0.244. The van der Waals surface area contributed by atoms with Crippen molar-refractivity contribution < 1.29 is 22.7 Å². The number of amides is 1. The van der Waals surface area contributed by atoms with Crippen LogP contribution in [0.2, 0.25) is 5.02 Å². The van der Waals surface area contributed by atoms with E-state index in [1.807, 2.05) is 20.8 Å². The smallest absolute Gasteiger partial charge is 0.410 e. The summed E-state index contributed by atoms with van der Waals surface area (Å²) in [5.41, 5.74) is -0.534. The Morgan fingerprint density at radius 2 is 2.16 bits per heavy atom. The highest BCUT2D eigenvalue weighted by Gasteiger charge is 2.30. The molecule has 0 radical (unpaired) electrons. The molecule has 0 saturated carbocycles. The number of ether oxygens (including phenoxy) is 2. The molecule has 1 aliphatic heterocycles. The number of pyridine rings is 1. The third-order valence-corrected chi connectivity index (χ3v) is 4.66. The van der Waals surface area contributed by atoms with Crippen molar-refractivity contribution in [3.05, 3.63) is 17.3 Å². The van der Waals surface area contributed by atoms with Gasteiger partial charge >= 0.3 is 6.09 Å². The molecule has 0 spiro atoms. The maximum Gasteiger partial charge on any atom is 0.410 e. The molecule has 1 atom stereocenters. The Morgan fingerprint density at radius 1 is 1.48 bits per heavy atom. The van der Waals surface area contributed by atoms with Crippen molar-refractivity contribution in [3.8, 4) is 5.88 Å². The van der Waals surface area contributed by atoms with Crippen LogP contribution in [0.4, 0.5) is 4.79 Å². The van der Waals surface area contributed by atoms with Gasteiger partial charge in [-0.15, -0.1) is 0 Å². The molecule has 10 heteroatoms. The van der Waals surface area contributed by atoms with Gasteiger partial charge in [-0.05, 0) is 33.3 Å². The van der Waals surface area contributed by atoms with Crippen LogP contribution in [0.5, 0.6) is 5.88 Å². The lowest BCUT2D eigenvalue weighted by Crippen LogP contribution is -2.35. The number of aromatic nitrogens is 1. The number of hydrogen-bond acceptors (Lipinski definition) is 6. The summed E-state index contributed by atoms with van der Waals surface area (Å²) in [7, 11) is -3.87. The highest BCUT2D eigenvalue weighted by Crippen LogP contribution is 2.26. The minimum atomic E-state index is -3.87. The van der Waals surface area contributed by atoms with Gasteiger partial charge in [0.1, 0.15) is 15.5 Å². The zero-order valence-electron chi connectivity index (χ0n) is 14.4. The van der Waals surface area contributed by atoms with Crippen molar-refractivity contribution in [2.45, 2.75) is 37.7 Å². The normalized spacial score (nSPS) is 18.3. The third kappa shape index (κ3) is 5.72. The molecule has 25 heavy (non-hydrogen) atoms. The number of carbonyl (C=O) groups excluding carboxylic acids is 1. The monoisotopic (exact) mass is 391 g/mol. The zero-order valence-corrected chi connectivity index (χ0v) is 15.9. The van der Waals surface area contributed by atoms with Gasteiger partial charge in [0.15, 0.2) is 0 Å². The molecule has 1 aliphatic rings. The van der Waals surface area contributed by atoms with Crippen molar-refractivity contribution in [2.24, 2.45) is 11.1 Å². The first-order valence-corrected chi connectivity index (χ1v) is 9.67. The highest BCUT2D eigenvalue weighted by molar-refractivity contribution is 7.89. The summed E-state index contributed by atoms with van der Waals surface area (Å²) in [5, 5.41) is 5.08. The van der Waals surface area contributed by atoms with Crippen molar-refractivity contribution in [1.82, 2.24) is 9.88 Å². The van der Waals surface area contributed by atoms with E-state index in [0.717, 1.165) is 12.6 Å². The van der Waals surface area contributed by atoms with Crippen LogP contribution < -0.4 is 9.88 Å². The van der Waals surface area contributed by atoms with E-state index in [-0.39, 0.29) is 27.8 Å². The Morgan fingerprint density at radius 3 is 2.72 bits per heavy atom. The van der Waals surface area contributed by atoms with Crippen LogP contribution in [0.25, 0.3) is 0 Å². The van der Waals surface area contributed by atoms with E-state index < -0.39 is 15.6 Å². The van der Waals surface area contributed by atoms with Crippen molar-refractivity contribution in [3.63, 3.8) is 0 Å². The molecule has 0 bridgehead atoms. The lowest BCUT2D eigenvalue weighted by molar-refractivity contribution is 0.0284. The molecule has 2 heterocycles. The van der Waals surface area contributed by atoms with Crippen LogP contribution in [-0.4, -0.2) is 49.7 Å². The minimum absolute atomic E-state index is 0.0634. The molecule has 1 saturated heterocycles. The summed E-state index contributed by atoms with van der Waals surface area (Å²) in [6.07, 6.45) is 1.52. The van der Waals surface area contributed by atoms with Crippen molar-refractivity contribution >= 4 is 27.7 Å². The number of nitrogens with zero attached hydrogens (tertiary/aromatic N) is 2. The molecule has 1 amide bonds. The number of hydrogen-bond donors (Lipinski definition) is 1. The van der Waals surface area contributed by atoms with E-state index >= 15 is 0 Å². The minimum Gasteiger partial charge on any atom is -0.476 e. The lowest BCUT2D eigenvalue weighted by atomic mass is 10.1. The summed E-state index contributed by atoms with van der Waals surface area (Å²) in [6.45, 7) is 6.87. The Balaban J connectivity index is 1.90. The predicted octanol–water partition coefficient (Wildman–Crippen LogP) is 2.02. The number of sulfonamides is 1. The fraction of sp³-hybridized carbons (Fsp3) is 0.600. The Bertz CT molecular complexity index is 748. The Kier molecular flexibility index (Phi) is 5.80. The van der Waals surface area contributed by atoms with Crippen molar-refractivity contribution in [1.29, 1.82) is 0 Å². The molecule has 2 rings (SSSR count). The first-order chi connectivity index (χ1) is 11.5. The number of carbonyl (C=O) groups is 1. The summed E-state index contributed by atoms with van der Waals surface area (Å²) in [4.78, 5) is 17.4. The maximum atomic E-state index is 12.0. The van der Waals surface area contributed by atoms with Gasteiger partial charge < -0.3 is 14.4 Å². The first kappa shape index (κ1) is 19.7. The molecule has 0 unspecified atom stereocenters. The second-order valence-electron chi connectivity index (χ2n) is 6.90. The standard InChI is InChI=1S/C15H22ClN3O5S/c1-15(2,3)24-14(20)19-5-4-10(8-19)9-23-13-12(16)6-11(7-18-13)25(17,21)22/h6-7,10H,4-5,8-9H2,1-3H3,(H2,17,21,22)/t10-/m1/s1. The number of rotatable bonds is 4. The average Bonchev–Trinajstić information content (AvgIpc) is 2.92. The van der Waals surface area contributed by atoms with Crippen LogP contribution in [0.3, 0.4) is 0 Å². The zero-order chi connectivity index (χ0) is 18.8. The van der Waals surface area contributed by atoms with E-state index in [9.17, 15) is 13.2 Å². The van der Waals surface area contributed by atoms with Crippen LogP contribution in [0, 0.1) is 5.92 Å². The van der Waals surface area contributed by atoms with E-state index in [0.29, 0.717) is 19.7 Å². The van der Waals surface area contributed by atoms with Gasteiger partial charge in [0.25, 0.3) is 0 Å². The van der Waals surface area contributed by atoms with E-state index in [1.165, 1.54) is 6.07 Å². The molecule has 1 fully saturated rings. The van der Waals surface area contributed by atoms with Crippen LogP contribution in [-0.2, 0) is 14.8 Å². The van der Waals surface area contributed by atoms with E-state index in [1.54, 1.807) is 4.90 Å². The summed E-state index contributed by atoms with van der Waals surface area (Å²) < 4.78 is 33.4. The number of likely N-dealkylation sites (tertiary alicyclic amines) is 1. The fourth-order valence-electron chi connectivity index (χ4n) is 2.33. The quantitative estimate of drug-likeness (QED) is 0.840. The first-order valence-electron chi connectivity index (χ1n) is 7.75. The Labute approximate surface area is 152 Å². The van der Waals surface area contributed by atoms with Gasteiger partial charge in [0.2, 0.25) is 15.9 Å². The molecular weight excluding hydrogens is 370 g/mol. The molecular formula is C15H22ClN3O5S. The number of halogens is 1. The van der Waals surface area contributed by atoms with Gasteiger partial charge in [-0.1, -0.05) is 11.6 Å². The molecule has 140 valence electrons. The Hall–Kier alpha value is -1.58. The molecule has 2 N–H and O–H groups in total. The predicted molar refractivity (Wildman–Crippen MR) is 92.0 cm³/mol. The average molecular weight is 392 g/mol. The topological polar surface area (TPSA) is 112 Å². The second-order valence-corrected chi connectivity index (χ2v) is 8.86. The lowest BCUT2D eigenvalue weighted by Gasteiger charge is -2.24. The molecule has 0 aliphatic carbocycles. The van der Waals surface area contributed by atoms with Gasteiger partial charge in [-0.25, -0.2) is 23.3 Å². The van der Waals surface area contributed by atoms with Crippen LogP contribution in [0.1, 0.15) is 27.2 Å². The fourth-order valence-corrected chi connectivity index (χ4v) is 3.09. The van der Waals surface area contributed by atoms with Gasteiger partial charge in [0, 0.05) is 19.0 Å². The second kappa shape index (κ2) is 7.35. The van der Waals surface area contributed by atoms with Crippen LogP contribution in [0.15, 0.2) is 17.2 Å². The largest absolute Gasteiger partial charge is 0.476 e. The number of nitrogens with two attached hydrogens (primary N) is 1. The number of primary sulfonamides is 1. The molecule has 1 aromatic heterocycles.